The second-order valence-corrected chi connectivity index (χ2v) is 6.13. The van der Waals surface area contributed by atoms with E-state index in [1.807, 2.05) is 6.92 Å². The standard InChI is InChI=1S/C17H26F2NO4/c1-4-16(8-6-7-9-16)24-15(22)13(3)10-14(21)23-12-17(18,19)11-20-5-2/h3-12H2,1-2H3/q-1. The number of esters is 2. The minimum atomic E-state index is -3.20. The van der Waals surface area contributed by atoms with E-state index in [-0.39, 0.29) is 12.1 Å². The van der Waals surface area contributed by atoms with Gasteiger partial charge in [-0.3, -0.25) is 4.79 Å². The Morgan fingerprint density at radius 2 is 1.88 bits per heavy atom. The molecule has 0 amide bonds. The summed E-state index contributed by atoms with van der Waals surface area (Å²) in [5.41, 5.74) is -0.570. The molecule has 0 atom stereocenters. The van der Waals surface area contributed by atoms with E-state index in [0.717, 1.165) is 25.7 Å². The van der Waals surface area contributed by atoms with Gasteiger partial charge in [-0.2, -0.15) is 6.54 Å². The first-order valence-corrected chi connectivity index (χ1v) is 8.31. The molecule has 1 rings (SSSR count). The van der Waals surface area contributed by atoms with Gasteiger partial charge in [-0.25, -0.2) is 13.6 Å². The van der Waals surface area contributed by atoms with Crippen molar-refractivity contribution in [2.75, 3.05) is 19.7 Å². The zero-order valence-corrected chi connectivity index (χ0v) is 14.4. The number of halogens is 2. The number of nitrogens with zero attached hydrogens (tertiary/aromatic N) is 1. The van der Waals surface area contributed by atoms with Crippen LogP contribution < -0.4 is 0 Å². The third-order valence-corrected chi connectivity index (χ3v) is 4.13. The fourth-order valence-electron chi connectivity index (χ4n) is 2.62. The molecule has 0 spiro atoms. The van der Waals surface area contributed by atoms with Gasteiger partial charge in [0.1, 0.15) is 5.60 Å². The predicted octanol–water partition coefficient (Wildman–Crippen LogP) is 3.77. The molecule has 0 aromatic carbocycles. The Labute approximate surface area is 141 Å². The molecule has 0 bridgehead atoms. The summed E-state index contributed by atoms with van der Waals surface area (Å²) in [4.78, 5) is 23.7. The Balaban J connectivity index is 2.40. The minimum Gasteiger partial charge on any atom is -0.658 e. The van der Waals surface area contributed by atoms with E-state index in [2.05, 4.69) is 16.6 Å². The Kier molecular flexibility index (Phi) is 7.79. The van der Waals surface area contributed by atoms with Crippen molar-refractivity contribution in [1.82, 2.24) is 0 Å². The number of hydrogen-bond acceptors (Lipinski definition) is 4. The highest BCUT2D eigenvalue weighted by Crippen LogP contribution is 2.36. The first kappa shape index (κ1) is 20.5. The van der Waals surface area contributed by atoms with Gasteiger partial charge in [-0.1, -0.05) is 27.0 Å². The number of ether oxygens (including phenoxy) is 2. The lowest BCUT2D eigenvalue weighted by Crippen LogP contribution is -2.32. The highest BCUT2D eigenvalue weighted by Gasteiger charge is 2.36. The lowest BCUT2D eigenvalue weighted by atomic mass is 9.98. The summed E-state index contributed by atoms with van der Waals surface area (Å²) in [6.07, 6.45) is 3.81. The molecule has 0 aromatic heterocycles. The van der Waals surface area contributed by atoms with E-state index in [1.54, 1.807) is 6.92 Å². The normalized spacial score (nSPS) is 16.7. The maximum atomic E-state index is 13.3. The third-order valence-electron chi connectivity index (χ3n) is 4.13. The summed E-state index contributed by atoms with van der Waals surface area (Å²) in [5.74, 6) is -4.79. The first-order valence-electron chi connectivity index (χ1n) is 8.31. The van der Waals surface area contributed by atoms with Crippen molar-refractivity contribution in [3.05, 3.63) is 17.5 Å². The Morgan fingerprint density at radius 3 is 2.42 bits per heavy atom. The van der Waals surface area contributed by atoms with Gasteiger partial charge in [-0.05, 0) is 32.1 Å². The van der Waals surface area contributed by atoms with Gasteiger partial charge in [0.2, 0.25) is 0 Å². The molecule has 0 saturated heterocycles. The number of carbonyl (C=O) groups excluding carboxylic acids is 2. The lowest BCUT2D eigenvalue weighted by molar-refractivity contribution is -0.159. The first-order chi connectivity index (χ1) is 11.2. The summed E-state index contributed by atoms with van der Waals surface area (Å²) in [6, 6.07) is 0. The average molecular weight is 346 g/mol. The molecule has 1 aliphatic carbocycles. The van der Waals surface area contributed by atoms with Crippen molar-refractivity contribution >= 4 is 11.9 Å². The molecule has 0 unspecified atom stereocenters. The van der Waals surface area contributed by atoms with Gasteiger partial charge in [0, 0.05) is 5.57 Å². The van der Waals surface area contributed by atoms with Crippen LogP contribution in [0.4, 0.5) is 8.78 Å². The topological polar surface area (TPSA) is 66.7 Å². The van der Waals surface area contributed by atoms with Crippen molar-refractivity contribution in [2.45, 2.75) is 63.9 Å². The summed E-state index contributed by atoms with van der Waals surface area (Å²) in [5, 5.41) is 3.55. The van der Waals surface area contributed by atoms with Crippen molar-refractivity contribution in [3.63, 3.8) is 0 Å². The van der Waals surface area contributed by atoms with Crippen LogP contribution in [0.25, 0.3) is 5.32 Å². The van der Waals surface area contributed by atoms with E-state index in [1.165, 1.54) is 0 Å². The fourth-order valence-corrected chi connectivity index (χ4v) is 2.62. The minimum absolute atomic E-state index is 0.0821. The molecule has 0 N–H and O–H groups in total. The summed E-state index contributed by atoms with van der Waals surface area (Å²) >= 11 is 0. The van der Waals surface area contributed by atoms with E-state index in [4.69, 9.17) is 4.74 Å². The summed E-state index contributed by atoms with van der Waals surface area (Å²) in [6.45, 7) is 5.62. The highest BCUT2D eigenvalue weighted by atomic mass is 19.3. The molecule has 7 heteroatoms. The van der Waals surface area contributed by atoms with Gasteiger partial charge < -0.3 is 14.8 Å². The van der Waals surface area contributed by atoms with Crippen LogP contribution in [0.5, 0.6) is 0 Å². The third kappa shape index (κ3) is 6.55. The molecule has 0 radical (unpaired) electrons. The van der Waals surface area contributed by atoms with Crippen LogP contribution in [0.1, 0.15) is 52.4 Å². The van der Waals surface area contributed by atoms with Crippen LogP contribution in [0, 0.1) is 0 Å². The monoisotopic (exact) mass is 346 g/mol. The lowest BCUT2D eigenvalue weighted by Gasteiger charge is -2.28. The average Bonchev–Trinajstić information content (AvgIpc) is 3.00. The van der Waals surface area contributed by atoms with Gasteiger partial charge in [0.05, 0.1) is 6.42 Å². The van der Waals surface area contributed by atoms with Crippen LogP contribution >= 0.6 is 0 Å². The van der Waals surface area contributed by atoms with Gasteiger partial charge in [-0.15, -0.1) is 0 Å². The molecule has 0 aliphatic heterocycles. The molecule has 138 valence electrons. The number of carbonyl (C=O) groups is 2. The molecular formula is C17H26F2NO4-. The summed E-state index contributed by atoms with van der Waals surface area (Å²) in [7, 11) is 0. The van der Waals surface area contributed by atoms with E-state index < -0.39 is 43.0 Å². The van der Waals surface area contributed by atoms with Crippen LogP contribution in [0.15, 0.2) is 12.2 Å². The molecule has 0 aromatic rings. The molecule has 0 heterocycles. The van der Waals surface area contributed by atoms with Crippen LogP contribution in [0.2, 0.25) is 0 Å². The number of alkyl halides is 2. The molecule has 1 aliphatic rings. The maximum Gasteiger partial charge on any atom is 0.334 e. The van der Waals surface area contributed by atoms with Crippen LogP contribution in [-0.4, -0.2) is 43.2 Å². The molecule has 1 saturated carbocycles. The molecular weight excluding hydrogens is 320 g/mol. The van der Waals surface area contributed by atoms with Crippen molar-refractivity contribution in [1.29, 1.82) is 0 Å². The SMILES string of the molecule is C=C(CC(=O)OCC(F)(F)C[N-]CC)C(=O)OC1(CC)CCCC1. The van der Waals surface area contributed by atoms with Gasteiger partial charge in [0.25, 0.3) is 5.92 Å². The highest BCUT2D eigenvalue weighted by molar-refractivity contribution is 5.93. The fraction of sp³-hybridized carbons (Fsp3) is 0.765. The smallest absolute Gasteiger partial charge is 0.334 e. The number of hydrogen-bond donors (Lipinski definition) is 0. The van der Waals surface area contributed by atoms with Crippen LogP contribution in [0.3, 0.4) is 0 Å². The Bertz CT molecular complexity index is 460. The largest absolute Gasteiger partial charge is 0.658 e. The van der Waals surface area contributed by atoms with Crippen molar-refractivity contribution < 1.29 is 27.8 Å². The van der Waals surface area contributed by atoms with Gasteiger partial charge in [0.15, 0.2) is 6.61 Å². The summed E-state index contributed by atoms with van der Waals surface area (Å²) < 4.78 is 36.7. The van der Waals surface area contributed by atoms with Crippen LogP contribution in [-0.2, 0) is 19.1 Å². The van der Waals surface area contributed by atoms with E-state index in [9.17, 15) is 18.4 Å². The van der Waals surface area contributed by atoms with Crippen molar-refractivity contribution in [2.24, 2.45) is 0 Å². The predicted molar refractivity (Wildman–Crippen MR) is 86.0 cm³/mol. The molecule has 5 nitrogen and oxygen atoms in total. The Morgan fingerprint density at radius 1 is 1.25 bits per heavy atom. The zero-order chi connectivity index (χ0) is 18.2. The quantitative estimate of drug-likeness (QED) is 0.446. The maximum absolute atomic E-state index is 13.3. The second-order valence-electron chi connectivity index (χ2n) is 6.13. The Hall–Kier alpha value is -1.50. The van der Waals surface area contributed by atoms with Gasteiger partial charge >= 0.3 is 11.9 Å². The van der Waals surface area contributed by atoms with E-state index in [0.29, 0.717) is 6.42 Å². The zero-order valence-electron chi connectivity index (χ0n) is 14.4. The molecule has 24 heavy (non-hydrogen) atoms. The number of rotatable bonds is 10. The molecule has 1 fully saturated rings. The van der Waals surface area contributed by atoms with Crippen molar-refractivity contribution in [3.8, 4) is 0 Å². The van der Waals surface area contributed by atoms with E-state index >= 15 is 0 Å². The second kappa shape index (κ2) is 9.11.